The zero-order valence-corrected chi connectivity index (χ0v) is 26.0. The van der Waals surface area contributed by atoms with E-state index in [1.54, 1.807) is 6.07 Å². The van der Waals surface area contributed by atoms with Crippen LogP contribution in [0.5, 0.6) is 0 Å². The van der Waals surface area contributed by atoms with Gasteiger partial charge < -0.3 is 15.0 Å². The SMILES string of the molecule is C[C@@H]1C[C@H](C)CN(c2cc(F)cc(-c3ccc4cnc(CNC(=O)c5cc(COC(F)F)cc(S(=O)(=O)C(F)F)c5)cc4c3F)n2)C1. The van der Waals surface area contributed by atoms with E-state index >= 15 is 4.39 Å². The van der Waals surface area contributed by atoms with Gasteiger partial charge in [0.1, 0.15) is 17.5 Å². The van der Waals surface area contributed by atoms with Gasteiger partial charge in [0.25, 0.3) is 5.91 Å². The maximum atomic E-state index is 15.9. The maximum Gasteiger partial charge on any atom is 0.345 e. The molecule has 47 heavy (non-hydrogen) atoms. The average Bonchev–Trinajstić information content (AvgIpc) is 3.02. The van der Waals surface area contributed by atoms with Crippen LogP contribution in [0, 0.1) is 23.5 Å². The largest absolute Gasteiger partial charge is 0.356 e. The van der Waals surface area contributed by atoms with Gasteiger partial charge in [-0.3, -0.25) is 9.78 Å². The summed E-state index contributed by atoms with van der Waals surface area (Å²) in [4.78, 5) is 22.7. The van der Waals surface area contributed by atoms with E-state index in [0.717, 1.165) is 24.6 Å². The van der Waals surface area contributed by atoms with E-state index in [4.69, 9.17) is 0 Å². The molecule has 1 aliphatic heterocycles. The standard InChI is InChI=1S/C32H30F6N4O4S/c1-17-5-18(2)15-42(14-17)28-10-22(33)9-27(41-28)25-4-3-20-12-39-23(11-26(20)29(25)34)13-40-30(43)21-6-19(16-46-31(35)36)7-24(8-21)47(44,45)32(37)38/h3-4,6-12,17-18,31-32H,5,13-16H2,1-2H3,(H,40,43)/t17-,18+. The van der Waals surface area contributed by atoms with Crippen molar-refractivity contribution in [2.75, 3.05) is 18.0 Å². The van der Waals surface area contributed by atoms with Crippen LogP contribution in [0.25, 0.3) is 22.0 Å². The van der Waals surface area contributed by atoms with Crippen molar-refractivity contribution in [1.29, 1.82) is 0 Å². The number of halogens is 6. The molecule has 2 aromatic heterocycles. The number of nitrogens with one attached hydrogen (secondary N) is 1. The fraction of sp³-hybridized carbons (Fsp3) is 0.344. The minimum Gasteiger partial charge on any atom is -0.356 e. The number of aromatic nitrogens is 2. The molecule has 8 nitrogen and oxygen atoms in total. The van der Waals surface area contributed by atoms with Gasteiger partial charge in [-0.1, -0.05) is 19.9 Å². The maximum absolute atomic E-state index is 15.9. The van der Waals surface area contributed by atoms with Gasteiger partial charge in [-0.25, -0.2) is 22.2 Å². The number of ether oxygens (including phenoxy) is 1. The van der Waals surface area contributed by atoms with Crippen molar-refractivity contribution in [2.24, 2.45) is 11.8 Å². The molecule has 3 heterocycles. The number of fused-ring (bicyclic) bond motifs is 1. The second-order valence-electron chi connectivity index (χ2n) is 11.6. The third kappa shape index (κ3) is 7.84. The summed E-state index contributed by atoms with van der Waals surface area (Å²) in [5.74, 6) is -4.86. The molecule has 0 saturated carbocycles. The van der Waals surface area contributed by atoms with Crippen LogP contribution < -0.4 is 10.2 Å². The Morgan fingerprint density at radius 2 is 1.74 bits per heavy atom. The number of amides is 1. The second-order valence-corrected chi connectivity index (χ2v) is 13.5. The molecule has 0 spiro atoms. The lowest BCUT2D eigenvalue weighted by Gasteiger charge is -2.36. The number of carbonyl (C=O) groups is 1. The van der Waals surface area contributed by atoms with Crippen LogP contribution in [-0.4, -0.2) is 49.8 Å². The Morgan fingerprint density at radius 3 is 2.43 bits per heavy atom. The highest BCUT2D eigenvalue weighted by atomic mass is 32.2. The Hall–Kier alpha value is -4.24. The molecule has 4 aromatic rings. The molecule has 1 saturated heterocycles. The zero-order valence-electron chi connectivity index (χ0n) is 25.2. The predicted molar refractivity (Wildman–Crippen MR) is 162 cm³/mol. The number of anilines is 1. The Bertz CT molecular complexity index is 1900. The summed E-state index contributed by atoms with van der Waals surface area (Å²) < 4.78 is 110. The monoisotopic (exact) mass is 680 g/mol. The molecule has 5 rings (SSSR count). The number of pyridine rings is 2. The van der Waals surface area contributed by atoms with E-state index in [-0.39, 0.29) is 34.4 Å². The fourth-order valence-electron chi connectivity index (χ4n) is 5.73. The quantitative estimate of drug-likeness (QED) is 0.186. The highest BCUT2D eigenvalue weighted by Gasteiger charge is 2.28. The van der Waals surface area contributed by atoms with Crippen LogP contribution >= 0.6 is 0 Å². The molecular formula is C32H30F6N4O4S. The number of piperidine rings is 1. The number of hydrogen-bond acceptors (Lipinski definition) is 7. The van der Waals surface area contributed by atoms with Gasteiger partial charge in [-0.05, 0) is 54.2 Å². The van der Waals surface area contributed by atoms with Gasteiger partial charge in [0.2, 0.25) is 9.84 Å². The van der Waals surface area contributed by atoms with E-state index in [1.165, 1.54) is 24.4 Å². The number of alkyl halides is 4. The average molecular weight is 681 g/mol. The van der Waals surface area contributed by atoms with E-state index in [1.807, 2.05) is 4.90 Å². The van der Waals surface area contributed by atoms with Crippen molar-refractivity contribution in [3.05, 3.63) is 83.2 Å². The number of benzene rings is 2. The van der Waals surface area contributed by atoms with E-state index in [0.29, 0.717) is 42.2 Å². The summed E-state index contributed by atoms with van der Waals surface area (Å²) in [6.07, 6.45) is 2.40. The van der Waals surface area contributed by atoms with Crippen LogP contribution in [0.2, 0.25) is 0 Å². The normalized spacial score (nSPS) is 17.1. The van der Waals surface area contributed by atoms with Gasteiger partial charge >= 0.3 is 12.4 Å². The van der Waals surface area contributed by atoms with Crippen molar-refractivity contribution in [2.45, 2.75) is 50.7 Å². The first-order valence-corrected chi connectivity index (χ1v) is 16.1. The van der Waals surface area contributed by atoms with Gasteiger partial charge in [0.15, 0.2) is 0 Å². The number of sulfone groups is 1. The number of nitrogens with zero attached hydrogens (tertiary/aromatic N) is 3. The van der Waals surface area contributed by atoms with Crippen molar-refractivity contribution >= 4 is 32.3 Å². The Balaban J connectivity index is 1.40. The smallest absolute Gasteiger partial charge is 0.345 e. The molecule has 15 heteroatoms. The van der Waals surface area contributed by atoms with Gasteiger partial charge in [-0.2, -0.15) is 17.6 Å². The summed E-state index contributed by atoms with van der Waals surface area (Å²) in [6, 6.07) is 9.34. The van der Waals surface area contributed by atoms with Crippen molar-refractivity contribution in [3.8, 4) is 11.3 Å². The number of carbonyl (C=O) groups excluding carboxylic acids is 1. The van der Waals surface area contributed by atoms with E-state index in [2.05, 4.69) is 33.9 Å². The first-order valence-electron chi connectivity index (χ1n) is 14.5. The lowest BCUT2D eigenvalue weighted by Crippen LogP contribution is -2.39. The highest BCUT2D eigenvalue weighted by Crippen LogP contribution is 2.32. The Labute approximate surface area is 266 Å². The Morgan fingerprint density at radius 1 is 1.02 bits per heavy atom. The Kier molecular flexibility index (Phi) is 10.1. The van der Waals surface area contributed by atoms with Crippen LogP contribution in [0.3, 0.4) is 0 Å². The first-order chi connectivity index (χ1) is 22.2. The van der Waals surface area contributed by atoms with Gasteiger partial charge in [0.05, 0.1) is 29.4 Å². The van der Waals surface area contributed by atoms with Crippen LogP contribution in [0.15, 0.2) is 59.6 Å². The summed E-state index contributed by atoms with van der Waals surface area (Å²) in [5.41, 5.74) is -0.354. The second kappa shape index (κ2) is 13.9. The molecule has 250 valence electrons. The topological polar surface area (TPSA) is 101 Å². The molecule has 0 aliphatic carbocycles. The van der Waals surface area contributed by atoms with E-state index < -0.39 is 56.8 Å². The third-order valence-corrected chi connectivity index (χ3v) is 9.10. The highest BCUT2D eigenvalue weighted by molar-refractivity contribution is 7.91. The van der Waals surface area contributed by atoms with Crippen molar-refractivity contribution in [1.82, 2.24) is 15.3 Å². The molecule has 1 N–H and O–H groups in total. The summed E-state index contributed by atoms with van der Waals surface area (Å²) in [7, 11) is -5.18. The lowest BCUT2D eigenvalue weighted by atomic mass is 9.92. The lowest BCUT2D eigenvalue weighted by molar-refractivity contribution is -0.137. The molecule has 1 aliphatic rings. The number of rotatable bonds is 10. The molecular weight excluding hydrogens is 650 g/mol. The van der Waals surface area contributed by atoms with Crippen LogP contribution in [-0.2, 0) is 27.7 Å². The van der Waals surface area contributed by atoms with Crippen molar-refractivity contribution in [3.63, 3.8) is 0 Å². The zero-order chi connectivity index (χ0) is 34.0. The molecule has 1 amide bonds. The fourth-order valence-corrected chi connectivity index (χ4v) is 6.54. The minimum atomic E-state index is -5.18. The molecule has 0 radical (unpaired) electrons. The molecule has 0 unspecified atom stereocenters. The van der Waals surface area contributed by atoms with Crippen LogP contribution in [0.4, 0.5) is 32.2 Å². The van der Waals surface area contributed by atoms with Gasteiger partial charge in [-0.15, -0.1) is 0 Å². The summed E-state index contributed by atoms with van der Waals surface area (Å²) in [5, 5.41) is 2.95. The molecule has 1 fully saturated rings. The third-order valence-electron chi connectivity index (χ3n) is 7.74. The first kappa shape index (κ1) is 34.1. The van der Waals surface area contributed by atoms with Gasteiger partial charge in [0, 0.05) is 53.3 Å². The predicted octanol–water partition coefficient (Wildman–Crippen LogP) is 6.72. The molecule has 2 atom stereocenters. The van der Waals surface area contributed by atoms with Crippen LogP contribution in [0.1, 0.15) is 41.9 Å². The summed E-state index contributed by atoms with van der Waals surface area (Å²) >= 11 is 0. The number of hydrogen-bond donors (Lipinski definition) is 1. The van der Waals surface area contributed by atoms with Crippen molar-refractivity contribution < 1.29 is 44.3 Å². The minimum absolute atomic E-state index is 0.0492. The summed E-state index contributed by atoms with van der Waals surface area (Å²) in [6.45, 7) is 1.22. The van der Waals surface area contributed by atoms with E-state index in [9.17, 15) is 35.2 Å². The molecule has 2 aromatic carbocycles. The molecule has 0 bridgehead atoms.